The molecule has 0 radical (unpaired) electrons. The number of aryl methyl sites for hydroxylation is 2. The van der Waals surface area contributed by atoms with Crippen molar-refractivity contribution in [3.63, 3.8) is 0 Å². The van der Waals surface area contributed by atoms with Gasteiger partial charge in [0, 0.05) is 31.9 Å². The zero-order valence-electron chi connectivity index (χ0n) is 20.7. The van der Waals surface area contributed by atoms with Gasteiger partial charge in [0.05, 0.1) is 0 Å². The second-order valence-corrected chi connectivity index (χ2v) is 18.1. The summed E-state index contributed by atoms with van der Waals surface area (Å²) in [6.07, 6.45) is 6.13. The van der Waals surface area contributed by atoms with Crippen molar-refractivity contribution >= 4 is 30.1 Å². The number of rotatable bonds is 7. The second kappa shape index (κ2) is 8.98. The Morgan fingerprint density at radius 2 is 1.67 bits per heavy atom. The third-order valence-electron chi connectivity index (χ3n) is 7.99. The molecule has 0 unspecified atom stereocenters. The van der Waals surface area contributed by atoms with Crippen LogP contribution in [0.5, 0.6) is 0 Å². The van der Waals surface area contributed by atoms with Crippen molar-refractivity contribution < 1.29 is 17.6 Å². The van der Waals surface area contributed by atoms with Crippen LogP contribution in [-0.2, 0) is 40.1 Å². The van der Waals surface area contributed by atoms with Gasteiger partial charge in [0.15, 0.2) is 8.32 Å². The highest BCUT2D eigenvalue weighted by Crippen LogP contribution is 2.39. The number of urea groups is 1. The molecule has 0 bridgehead atoms. The molecule has 1 aromatic carbocycles. The summed E-state index contributed by atoms with van der Waals surface area (Å²) in [5.74, 6) is 0. The normalized spacial score (nSPS) is 19.2. The van der Waals surface area contributed by atoms with Crippen LogP contribution < -0.4 is 10.0 Å². The number of amides is 2. The minimum absolute atomic E-state index is 0.157. The summed E-state index contributed by atoms with van der Waals surface area (Å²) in [6.45, 7) is 13.3. The molecule has 2 aliphatic carbocycles. The Balaban J connectivity index is 1.29. The fraction of sp³-hybridized carbons (Fsp3) is 0.708. The highest BCUT2D eigenvalue weighted by atomic mass is 32.2. The van der Waals surface area contributed by atoms with Crippen LogP contribution in [0.15, 0.2) is 6.07 Å². The number of carbonyl (C=O) groups excluding carboxylic acids is 1. The first-order valence-electron chi connectivity index (χ1n) is 12.2. The van der Waals surface area contributed by atoms with Gasteiger partial charge >= 0.3 is 6.03 Å². The summed E-state index contributed by atoms with van der Waals surface area (Å²) < 4.78 is 34.0. The number of anilines is 1. The largest absolute Gasteiger partial charge is 0.416 e. The van der Waals surface area contributed by atoms with Crippen LogP contribution in [0.4, 0.5) is 10.5 Å². The van der Waals surface area contributed by atoms with Gasteiger partial charge in [-0.3, -0.25) is 4.90 Å². The lowest BCUT2D eigenvalue weighted by atomic mass is 9.99. The average molecular weight is 494 g/mol. The van der Waals surface area contributed by atoms with E-state index in [0.29, 0.717) is 26.2 Å². The van der Waals surface area contributed by atoms with Crippen molar-refractivity contribution in [1.29, 1.82) is 0 Å². The van der Waals surface area contributed by atoms with E-state index in [1.807, 2.05) is 0 Å². The molecule has 0 aromatic heterocycles. The van der Waals surface area contributed by atoms with E-state index in [0.717, 1.165) is 44.2 Å². The number of carbonyl (C=O) groups is 1. The molecular formula is C24H39N3O4SSi. The SMILES string of the molecule is CC(C)(C)[Si](C)(C)OCCN1CC(S(=O)(=O)NC(=O)Nc2c3c(cc4c2CCC4)CCC3)C1. The summed E-state index contributed by atoms with van der Waals surface area (Å²) >= 11 is 0. The summed E-state index contributed by atoms with van der Waals surface area (Å²) in [5.41, 5.74) is 5.87. The van der Waals surface area contributed by atoms with Gasteiger partial charge in [0.2, 0.25) is 10.0 Å². The van der Waals surface area contributed by atoms with Gasteiger partial charge in [0.25, 0.3) is 0 Å². The Morgan fingerprint density at radius 3 is 2.21 bits per heavy atom. The molecule has 184 valence electrons. The van der Waals surface area contributed by atoms with Gasteiger partial charge < -0.3 is 9.74 Å². The van der Waals surface area contributed by atoms with Crippen molar-refractivity contribution in [2.45, 2.75) is 82.7 Å². The first-order chi connectivity index (χ1) is 15.4. The fourth-order valence-electron chi connectivity index (χ4n) is 4.87. The minimum Gasteiger partial charge on any atom is -0.416 e. The Hall–Kier alpha value is -1.42. The minimum atomic E-state index is -3.72. The molecule has 0 atom stereocenters. The van der Waals surface area contributed by atoms with Crippen LogP contribution in [0.3, 0.4) is 0 Å². The van der Waals surface area contributed by atoms with E-state index in [1.54, 1.807) is 0 Å². The van der Waals surface area contributed by atoms with Crippen molar-refractivity contribution in [3.8, 4) is 0 Å². The number of hydrogen-bond acceptors (Lipinski definition) is 5. The molecule has 1 fully saturated rings. The van der Waals surface area contributed by atoms with Gasteiger partial charge in [-0.1, -0.05) is 26.8 Å². The van der Waals surface area contributed by atoms with Crippen LogP contribution >= 0.6 is 0 Å². The van der Waals surface area contributed by atoms with Crippen LogP contribution in [0.25, 0.3) is 0 Å². The first kappa shape index (κ1) is 24.7. The molecule has 9 heteroatoms. The molecule has 2 N–H and O–H groups in total. The molecule has 1 heterocycles. The zero-order chi connectivity index (χ0) is 24.0. The molecule has 1 saturated heterocycles. The fourth-order valence-corrected chi connectivity index (χ4v) is 7.19. The van der Waals surface area contributed by atoms with E-state index >= 15 is 0 Å². The topological polar surface area (TPSA) is 87.7 Å². The van der Waals surface area contributed by atoms with Crippen molar-refractivity contribution in [1.82, 2.24) is 9.62 Å². The number of likely N-dealkylation sites (tertiary alicyclic amines) is 1. The molecule has 0 spiro atoms. The maximum Gasteiger partial charge on any atom is 0.332 e. The maximum atomic E-state index is 12.8. The van der Waals surface area contributed by atoms with Gasteiger partial charge in [-0.25, -0.2) is 17.9 Å². The molecule has 1 aromatic rings. The Kier molecular flexibility index (Phi) is 6.72. The summed E-state index contributed by atoms with van der Waals surface area (Å²) in [6, 6.07) is 1.66. The molecular weight excluding hydrogens is 454 g/mol. The van der Waals surface area contributed by atoms with E-state index in [1.165, 1.54) is 22.3 Å². The zero-order valence-corrected chi connectivity index (χ0v) is 22.5. The highest BCUT2D eigenvalue weighted by Gasteiger charge is 2.40. The molecule has 0 saturated carbocycles. The molecule has 2 amide bonds. The number of hydrogen-bond donors (Lipinski definition) is 2. The lowest BCUT2D eigenvalue weighted by Crippen LogP contribution is -2.59. The third kappa shape index (κ3) is 5.16. The number of sulfonamides is 1. The Bertz CT molecular complexity index is 995. The number of benzene rings is 1. The summed E-state index contributed by atoms with van der Waals surface area (Å²) in [7, 11) is -5.51. The third-order valence-corrected chi connectivity index (χ3v) is 14.2. The van der Waals surface area contributed by atoms with Crippen LogP contribution in [0, 0.1) is 0 Å². The predicted octanol–water partition coefficient (Wildman–Crippen LogP) is 3.82. The first-order valence-corrected chi connectivity index (χ1v) is 16.7. The van der Waals surface area contributed by atoms with Crippen molar-refractivity contribution in [2.24, 2.45) is 0 Å². The molecule has 1 aliphatic heterocycles. The van der Waals surface area contributed by atoms with E-state index < -0.39 is 29.6 Å². The van der Waals surface area contributed by atoms with Gasteiger partial charge in [-0.15, -0.1) is 0 Å². The molecule has 3 aliphatic rings. The Morgan fingerprint density at radius 1 is 1.09 bits per heavy atom. The standard InChI is InChI=1S/C24H39N3O4SSi/c1-24(2,3)33(4,5)31-13-12-27-15-19(16-27)32(29,30)26-23(28)25-22-20-10-6-8-17(20)14-18-9-7-11-21(18)22/h14,19H,6-13,15-16H2,1-5H3,(H2,25,26,28). The quantitative estimate of drug-likeness (QED) is 0.564. The van der Waals surface area contributed by atoms with Gasteiger partial charge in [-0.05, 0) is 78.9 Å². The van der Waals surface area contributed by atoms with Crippen LogP contribution in [0.1, 0.15) is 55.9 Å². The maximum absolute atomic E-state index is 12.8. The van der Waals surface area contributed by atoms with E-state index in [2.05, 4.69) is 54.9 Å². The van der Waals surface area contributed by atoms with Crippen molar-refractivity contribution in [2.75, 3.05) is 31.6 Å². The van der Waals surface area contributed by atoms with Crippen LogP contribution in [0.2, 0.25) is 18.1 Å². The lowest BCUT2D eigenvalue weighted by Gasteiger charge is -2.40. The Labute approximate surface area is 199 Å². The van der Waals surface area contributed by atoms with E-state index in [-0.39, 0.29) is 5.04 Å². The van der Waals surface area contributed by atoms with Crippen LogP contribution in [-0.4, -0.2) is 59.2 Å². The van der Waals surface area contributed by atoms with Gasteiger partial charge in [-0.2, -0.15) is 0 Å². The number of fused-ring (bicyclic) bond motifs is 2. The summed E-state index contributed by atoms with van der Waals surface area (Å²) in [4.78, 5) is 14.8. The van der Waals surface area contributed by atoms with E-state index in [9.17, 15) is 13.2 Å². The monoisotopic (exact) mass is 493 g/mol. The smallest absolute Gasteiger partial charge is 0.332 e. The van der Waals surface area contributed by atoms with E-state index in [4.69, 9.17) is 4.43 Å². The molecule has 33 heavy (non-hydrogen) atoms. The van der Waals surface area contributed by atoms with Crippen molar-refractivity contribution in [3.05, 3.63) is 28.3 Å². The number of nitrogens with one attached hydrogen (secondary N) is 2. The molecule has 4 rings (SSSR count). The lowest BCUT2D eigenvalue weighted by molar-refractivity contribution is 0.144. The predicted molar refractivity (Wildman–Crippen MR) is 135 cm³/mol. The average Bonchev–Trinajstić information content (AvgIpc) is 3.30. The highest BCUT2D eigenvalue weighted by molar-refractivity contribution is 7.90. The molecule has 7 nitrogen and oxygen atoms in total. The van der Waals surface area contributed by atoms with Gasteiger partial charge in [0.1, 0.15) is 5.25 Å². The summed E-state index contributed by atoms with van der Waals surface area (Å²) in [5, 5.41) is 2.51. The number of nitrogens with zero attached hydrogens (tertiary/aromatic N) is 1. The second-order valence-electron chi connectivity index (χ2n) is 11.3.